The maximum atomic E-state index is 12.6. The van der Waals surface area contributed by atoms with E-state index in [0.29, 0.717) is 12.1 Å². The van der Waals surface area contributed by atoms with Crippen molar-refractivity contribution in [2.75, 3.05) is 13.2 Å². The molecule has 8 nitrogen and oxygen atoms in total. The van der Waals surface area contributed by atoms with Crippen molar-refractivity contribution in [2.45, 2.75) is 26.3 Å². The van der Waals surface area contributed by atoms with Gasteiger partial charge in [-0.15, -0.1) is 0 Å². The number of hydrogen-bond donors (Lipinski definition) is 0. The molecule has 0 amide bonds. The number of benzene rings is 1. The second kappa shape index (κ2) is 11.9. The molecule has 9 heteroatoms. The van der Waals surface area contributed by atoms with E-state index in [0.717, 1.165) is 0 Å². The Bertz CT molecular complexity index is 795. The lowest BCUT2D eigenvalue weighted by molar-refractivity contribution is -0.700. The molecular weight excluding hydrogens is 444 g/mol. The van der Waals surface area contributed by atoms with Gasteiger partial charge in [0.05, 0.1) is 24.1 Å². The van der Waals surface area contributed by atoms with Gasteiger partial charge in [-0.2, -0.15) is 0 Å². The van der Waals surface area contributed by atoms with E-state index in [-0.39, 0.29) is 35.9 Å². The molecule has 0 saturated carbocycles. The van der Waals surface area contributed by atoms with Crippen LogP contribution < -0.4 is 21.5 Å². The number of rotatable bonds is 9. The standard InChI is InChI=1S/C20H23N2O6.BrH/c1-3-27-19(23)18(20(24)28-4-2)17(14-21-12-6-5-7-13-21)15-8-10-16(11-9-15)22(25)26;/h5-13,17-18H,3-4,14H2,1-2H3;1H/q+1;/p-1. The molecule has 2 aromatic rings. The molecule has 0 N–H and O–H groups in total. The monoisotopic (exact) mass is 466 g/mol. The fourth-order valence-corrected chi connectivity index (χ4v) is 2.92. The minimum Gasteiger partial charge on any atom is -1.00 e. The highest BCUT2D eigenvalue weighted by Gasteiger charge is 2.40. The second-order valence-electron chi connectivity index (χ2n) is 6.01. The molecule has 0 aliphatic carbocycles. The maximum absolute atomic E-state index is 12.6. The normalized spacial score (nSPS) is 11.3. The predicted molar refractivity (Wildman–Crippen MR) is 99.2 cm³/mol. The summed E-state index contributed by atoms with van der Waals surface area (Å²) in [6, 6.07) is 11.3. The first-order chi connectivity index (χ1) is 13.5. The Hall–Kier alpha value is -2.81. The van der Waals surface area contributed by atoms with Crippen molar-refractivity contribution in [1.29, 1.82) is 0 Å². The summed E-state index contributed by atoms with van der Waals surface area (Å²) >= 11 is 0. The van der Waals surface area contributed by atoms with E-state index in [1.54, 1.807) is 26.0 Å². The van der Waals surface area contributed by atoms with Crippen LogP contribution in [0.2, 0.25) is 0 Å². The molecule has 156 valence electrons. The minimum absolute atomic E-state index is 0. The number of nitro benzene ring substituents is 1. The molecule has 1 aromatic carbocycles. The number of esters is 2. The number of pyridine rings is 1. The Labute approximate surface area is 179 Å². The van der Waals surface area contributed by atoms with Gasteiger partial charge < -0.3 is 26.5 Å². The second-order valence-corrected chi connectivity index (χ2v) is 6.01. The van der Waals surface area contributed by atoms with Gasteiger partial charge in [-0.3, -0.25) is 19.7 Å². The summed E-state index contributed by atoms with van der Waals surface area (Å²) in [4.78, 5) is 35.6. The molecule has 0 radical (unpaired) electrons. The van der Waals surface area contributed by atoms with Crippen LogP contribution in [-0.4, -0.2) is 30.1 Å². The number of ether oxygens (including phenoxy) is 2. The molecule has 1 unspecified atom stereocenters. The third-order valence-electron chi connectivity index (χ3n) is 4.20. The molecule has 0 fully saturated rings. The highest BCUT2D eigenvalue weighted by molar-refractivity contribution is 5.96. The zero-order chi connectivity index (χ0) is 20.5. The predicted octanol–water partition coefficient (Wildman–Crippen LogP) is -0.587. The van der Waals surface area contributed by atoms with E-state index < -0.39 is 28.7 Å². The topological polar surface area (TPSA) is 99.6 Å². The zero-order valence-electron chi connectivity index (χ0n) is 16.2. The summed E-state index contributed by atoms with van der Waals surface area (Å²) in [7, 11) is 0. The fraction of sp³-hybridized carbons (Fsp3) is 0.350. The molecule has 0 saturated heterocycles. The fourth-order valence-electron chi connectivity index (χ4n) is 2.92. The zero-order valence-corrected chi connectivity index (χ0v) is 17.8. The lowest BCUT2D eigenvalue weighted by atomic mass is 9.85. The van der Waals surface area contributed by atoms with Crippen molar-refractivity contribution in [1.82, 2.24) is 0 Å². The van der Waals surface area contributed by atoms with Crippen LogP contribution in [0.1, 0.15) is 25.3 Å². The molecule has 0 bridgehead atoms. The Balaban J connectivity index is 0.00000420. The van der Waals surface area contributed by atoms with Crippen LogP contribution in [0.3, 0.4) is 0 Å². The van der Waals surface area contributed by atoms with E-state index in [4.69, 9.17) is 9.47 Å². The van der Waals surface area contributed by atoms with Crippen LogP contribution in [0.5, 0.6) is 0 Å². The van der Waals surface area contributed by atoms with E-state index in [1.807, 2.05) is 35.2 Å². The van der Waals surface area contributed by atoms with Crippen LogP contribution in [0, 0.1) is 16.0 Å². The van der Waals surface area contributed by atoms with Crippen LogP contribution in [0.25, 0.3) is 0 Å². The summed E-state index contributed by atoms with van der Waals surface area (Å²) in [5, 5.41) is 10.9. The Kier molecular flexibility index (Phi) is 9.94. The molecule has 2 rings (SSSR count). The van der Waals surface area contributed by atoms with E-state index in [2.05, 4.69) is 0 Å². The van der Waals surface area contributed by atoms with Gasteiger partial charge in [0.15, 0.2) is 24.9 Å². The van der Waals surface area contributed by atoms with Gasteiger partial charge in [0, 0.05) is 24.3 Å². The third-order valence-corrected chi connectivity index (χ3v) is 4.20. The highest BCUT2D eigenvalue weighted by Crippen LogP contribution is 2.29. The van der Waals surface area contributed by atoms with Gasteiger partial charge in [-0.05, 0) is 19.4 Å². The van der Waals surface area contributed by atoms with Crippen molar-refractivity contribution >= 4 is 17.6 Å². The van der Waals surface area contributed by atoms with Crippen LogP contribution in [-0.2, 0) is 25.6 Å². The minimum atomic E-state index is -1.19. The van der Waals surface area contributed by atoms with Crippen LogP contribution in [0.15, 0.2) is 54.9 Å². The van der Waals surface area contributed by atoms with Crippen molar-refractivity contribution in [3.05, 3.63) is 70.5 Å². The number of carbonyl (C=O) groups is 2. The lowest BCUT2D eigenvalue weighted by Crippen LogP contribution is -3.00. The average molecular weight is 467 g/mol. The van der Waals surface area contributed by atoms with Gasteiger partial charge in [-0.1, -0.05) is 18.2 Å². The molecule has 0 aliphatic heterocycles. The molecule has 1 aromatic heterocycles. The summed E-state index contributed by atoms with van der Waals surface area (Å²) in [6.07, 6.45) is 3.62. The van der Waals surface area contributed by atoms with Gasteiger partial charge in [0.2, 0.25) is 0 Å². The smallest absolute Gasteiger partial charge is 0.321 e. The van der Waals surface area contributed by atoms with E-state index >= 15 is 0 Å². The number of nitro groups is 1. The Morgan fingerprint density at radius 1 is 1.00 bits per heavy atom. The van der Waals surface area contributed by atoms with Crippen LogP contribution in [0.4, 0.5) is 5.69 Å². The number of hydrogen-bond acceptors (Lipinski definition) is 6. The first-order valence-corrected chi connectivity index (χ1v) is 8.99. The van der Waals surface area contributed by atoms with E-state index in [9.17, 15) is 19.7 Å². The number of halogens is 1. The van der Waals surface area contributed by atoms with Gasteiger partial charge in [0.1, 0.15) is 0 Å². The largest absolute Gasteiger partial charge is 1.00 e. The van der Waals surface area contributed by atoms with Crippen molar-refractivity contribution < 1.29 is 45.5 Å². The average Bonchev–Trinajstić information content (AvgIpc) is 2.69. The van der Waals surface area contributed by atoms with Crippen molar-refractivity contribution in [3.63, 3.8) is 0 Å². The SMILES string of the molecule is CCOC(=O)C(C(=O)OCC)C(C[n+]1ccccc1)c1ccc([N+](=O)[O-])cc1.[Br-]. The van der Waals surface area contributed by atoms with Gasteiger partial charge >= 0.3 is 11.9 Å². The molecule has 1 atom stereocenters. The summed E-state index contributed by atoms with van der Waals surface area (Å²) in [6.45, 7) is 3.86. The number of aromatic nitrogens is 1. The summed E-state index contributed by atoms with van der Waals surface area (Å²) in [5.74, 6) is -3.16. The third kappa shape index (κ3) is 6.63. The highest BCUT2D eigenvalue weighted by atomic mass is 79.9. The first kappa shape index (κ1) is 24.2. The van der Waals surface area contributed by atoms with Gasteiger partial charge in [-0.25, -0.2) is 4.57 Å². The first-order valence-electron chi connectivity index (χ1n) is 8.99. The summed E-state index contributed by atoms with van der Waals surface area (Å²) < 4.78 is 12.1. The lowest BCUT2D eigenvalue weighted by Gasteiger charge is -2.22. The number of non-ortho nitro benzene ring substituents is 1. The molecule has 0 aliphatic rings. The van der Waals surface area contributed by atoms with Crippen molar-refractivity contribution in [3.8, 4) is 0 Å². The molecule has 0 spiro atoms. The quantitative estimate of drug-likeness (QED) is 0.161. The summed E-state index contributed by atoms with van der Waals surface area (Å²) in [5.41, 5.74) is 0.534. The molecule has 1 heterocycles. The van der Waals surface area contributed by atoms with Crippen molar-refractivity contribution in [2.24, 2.45) is 5.92 Å². The van der Waals surface area contributed by atoms with Gasteiger partial charge in [0.25, 0.3) is 5.69 Å². The number of nitrogens with zero attached hydrogens (tertiary/aromatic N) is 2. The number of carbonyl (C=O) groups excluding carboxylic acids is 2. The van der Waals surface area contributed by atoms with Crippen LogP contribution >= 0.6 is 0 Å². The Morgan fingerprint density at radius 3 is 1.97 bits per heavy atom. The molecular formula is C20H23BrN2O6. The van der Waals surface area contributed by atoms with E-state index in [1.165, 1.54) is 12.1 Å². The maximum Gasteiger partial charge on any atom is 0.321 e. The molecule has 29 heavy (non-hydrogen) atoms. The Morgan fingerprint density at radius 2 is 1.52 bits per heavy atom.